The number of esters is 1. The number of hydrogen-bond donors (Lipinski definition) is 1. The number of carbonyl (C=O) groups excluding carboxylic acids is 2. The molecular formula is C27H31FO4. The number of benzene rings is 1. The lowest BCUT2D eigenvalue weighted by Gasteiger charge is -2.58. The van der Waals surface area contributed by atoms with E-state index in [0.717, 1.165) is 24.8 Å². The second kappa shape index (κ2) is 7.38. The zero-order chi connectivity index (χ0) is 22.8. The summed E-state index contributed by atoms with van der Waals surface area (Å²) in [6.45, 7) is 6.45. The molecule has 32 heavy (non-hydrogen) atoms. The van der Waals surface area contributed by atoms with Gasteiger partial charge in [0.25, 0.3) is 0 Å². The summed E-state index contributed by atoms with van der Waals surface area (Å²) in [5, 5.41) is 11.4. The van der Waals surface area contributed by atoms with Crippen LogP contribution in [0.15, 0.2) is 48.1 Å². The highest BCUT2D eigenvalue weighted by Gasteiger charge is 2.64. The van der Waals surface area contributed by atoms with Crippen molar-refractivity contribution in [2.45, 2.75) is 58.7 Å². The van der Waals surface area contributed by atoms with Crippen molar-refractivity contribution in [1.29, 1.82) is 0 Å². The van der Waals surface area contributed by atoms with E-state index < -0.39 is 12.1 Å². The van der Waals surface area contributed by atoms with Crippen molar-refractivity contribution in [1.82, 2.24) is 0 Å². The van der Waals surface area contributed by atoms with E-state index in [1.54, 1.807) is 12.2 Å². The van der Waals surface area contributed by atoms with Crippen LogP contribution in [-0.2, 0) is 9.53 Å². The van der Waals surface area contributed by atoms with Crippen LogP contribution in [0.2, 0.25) is 0 Å². The second-order valence-electron chi connectivity index (χ2n) is 10.8. The zero-order valence-electron chi connectivity index (χ0n) is 18.9. The molecule has 0 amide bonds. The number of aliphatic hydroxyl groups is 1. The Kier molecular flexibility index (Phi) is 4.97. The molecular weight excluding hydrogens is 407 g/mol. The van der Waals surface area contributed by atoms with Crippen molar-refractivity contribution in [2.24, 2.45) is 34.5 Å². The van der Waals surface area contributed by atoms with E-state index in [-0.39, 0.29) is 40.4 Å². The molecule has 170 valence electrons. The van der Waals surface area contributed by atoms with Crippen molar-refractivity contribution in [2.75, 3.05) is 0 Å². The predicted molar refractivity (Wildman–Crippen MR) is 118 cm³/mol. The van der Waals surface area contributed by atoms with Gasteiger partial charge in [0.05, 0.1) is 11.7 Å². The highest BCUT2D eigenvalue weighted by atomic mass is 19.1. The van der Waals surface area contributed by atoms with Crippen LogP contribution in [0.5, 0.6) is 0 Å². The summed E-state index contributed by atoms with van der Waals surface area (Å²) in [5.41, 5.74) is 0.863. The molecule has 0 saturated heterocycles. The summed E-state index contributed by atoms with van der Waals surface area (Å²) < 4.78 is 19.3. The second-order valence-corrected chi connectivity index (χ2v) is 10.8. The van der Waals surface area contributed by atoms with E-state index in [2.05, 4.69) is 20.8 Å². The lowest BCUT2D eigenvalue weighted by Crippen LogP contribution is -2.57. The standard InChI is InChI=1S/C27H31FO4/c1-15-12-21-20-9-6-17-13-19(29)10-11-26(17,2)23(20)22(30)14-27(21,3)24(15)32-25(31)16-4-7-18(28)8-5-16/h4-5,7-8,10-11,13,15,20-24,30H,6,9,12,14H2,1-3H3. The number of halogens is 1. The van der Waals surface area contributed by atoms with Gasteiger partial charge in [-0.05, 0) is 79.9 Å². The summed E-state index contributed by atoms with van der Waals surface area (Å²) in [5.74, 6) is 0.0874. The molecule has 5 heteroatoms. The Balaban J connectivity index is 1.43. The van der Waals surface area contributed by atoms with Crippen LogP contribution in [0.1, 0.15) is 56.8 Å². The Morgan fingerprint density at radius 3 is 2.66 bits per heavy atom. The van der Waals surface area contributed by atoms with Gasteiger partial charge in [-0.2, -0.15) is 0 Å². The van der Waals surface area contributed by atoms with E-state index >= 15 is 0 Å². The molecule has 0 radical (unpaired) electrons. The molecule has 0 bridgehead atoms. The molecule has 5 rings (SSSR count). The van der Waals surface area contributed by atoms with Crippen molar-refractivity contribution in [3.63, 3.8) is 0 Å². The van der Waals surface area contributed by atoms with Gasteiger partial charge in [-0.25, -0.2) is 9.18 Å². The van der Waals surface area contributed by atoms with E-state index in [1.165, 1.54) is 24.3 Å². The van der Waals surface area contributed by atoms with Crippen LogP contribution in [0, 0.1) is 40.3 Å². The molecule has 4 aliphatic rings. The molecule has 3 saturated carbocycles. The molecule has 0 spiro atoms. The fraction of sp³-hybridized carbons (Fsp3) is 0.556. The fourth-order valence-corrected chi connectivity index (χ4v) is 7.67. The van der Waals surface area contributed by atoms with Crippen molar-refractivity contribution >= 4 is 11.8 Å². The SMILES string of the molecule is CC1CC2C3CCC4=CC(=O)C=CC4(C)C3C(O)CC2(C)C1OC(=O)c1ccc(F)cc1. The smallest absolute Gasteiger partial charge is 0.338 e. The van der Waals surface area contributed by atoms with Crippen LogP contribution >= 0.6 is 0 Å². The van der Waals surface area contributed by atoms with Crippen LogP contribution in [0.3, 0.4) is 0 Å². The number of hydrogen-bond acceptors (Lipinski definition) is 4. The number of ketones is 1. The maximum Gasteiger partial charge on any atom is 0.338 e. The monoisotopic (exact) mass is 438 g/mol. The van der Waals surface area contributed by atoms with E-state index in [0.29, 0.717) is 23.8 Å². The van der Waals surface area contributed by atoms with Gasteiger partial charge >= 0.3 is 5.97 Å². The highest BCUT2D eigenvalue weighted by Crippen LogP contribution is 2.65. The summed E-state index contributed by atoms with van der Waals surface area (Å²) >= 11 is 0. The first-order valence-electron chi connectivity index (χ1n) is 11.7. The number of carbonyl (C=O) groups is 2. The van der Waals surface area contributed by atoms with Gasteiger partial charge in [-0.15, -0.1) is 0 Å². The molecule has 4 nitrogen and oxygen atoms in total. The summed E-state index contributed by atoms with van der Waals surface area (Å²) in [4.78, 5) is 24.8. The zero-order valence-corrected chi connectivity index (χ0v) is 18.9. The Bertz CT molecular complexity index is 1010. The molecule has 8 unspecified atom stereocenters. The molecule has 0 aromatic heterocycles. The molecule has 1 aromatic carbocycles. The van der Waals surface area contributed by atoms with Crippen molar-refractivity contribution < 1.29 is 23.8 Å². The van der Waals surface area contributed by atoms with E-state index in [1.807, 2.05) is 6.08 Å². The summed E-state index contributed by atoms with van der Waals surface area (Å²) in [6.07, 6.45) is 7.91. The first-order valence-corrected chi connectivity index (χ1v) is 11.7. The average Bonchev–Trinajstić information content (AvgIpc) is 2.98. The summed E-state index contributed by atoms with van der Waals surface area (Å²) in [7, 11) is 0. The van der Waals surface area contributed by atoms with Crippen molar-refractivity contribution in [3.05, 3.63) is 59.4 Å². The first-order chi connectivity index (χ1) is 15.1. The van der Waals surface area contributed by atoms with Crippen LogP contribution in [-0.4, -0.2) is 29.1 Å². The maximum absolute atomic E-state index is 13.3. The molecule has 8 atom stereocenters. The highest BCUT2D eigenvalue weighted by molar-refractivity contribution is 6.01. The molecule has 0 heterocycles. The third-order valence-corrected chi connectivity index (χ3v) is 9.04. The van der Waals surface area contributed by atoms with Gasteiger partial charge in [0.2, 0.25) is 0 Å². The molecule has 1 aromatic rings. The van der Waals surface area contributed by atoms with Gasteiger partial charge in [0.15, 0.2) is 5.78 Å². The lowest BCUT2D eigenvalue weighted by molar-refractivity contribution is -0.133. The minimum Gasteiger partial charge on any atom is -0.458 e. The van der Waals surface area contributed by atoms with Crippen molar-refractivity contribution in [3.8, 4) is 0 Å². The number of rotatable bonds is 2. The van der Waals surface area contributed by atoms with Gasteiger partial charge in [-0.3, -0.25) is 4.79 Å². The average molecular weight is 439 g/mol. The minimum absolute atomic E-state index is 0.0355. The lowest BCUT2D eigenvalue weighted by atomic mass is 9.47. The molecule has 1 N–H and O–H groups in total. The quantitative estimate of drug-likeness (QED) is 0.669. The summed E-state index contributed by atoms with van der Waals surface area (Å²) in [6, 6.07) is 5.44. The van der Waals surface area contributed by atoms with E-state index in [4.69, 9.17) is 4.74 Å². The van der Waals surface area contributed by atoms with Crippen LogP contribution in [0.25, 0.3) is 0 Å². The van der Waals surface area contributed by atoms with Gasteiger partial charge < -0.3 is 9.84 Å². The van der Waals surface area contributed by atoms with E-state index in [9.17, 15) is 19.1 Å². The minimum atomic E-state index is -0.537. The Hall–Kier alpha value is -2.27. The Morgan fingerprint density at radius 2 is 1.94 bits per heavy atom. The third-order valence-electron chi connectivity index (χ3n) is 9.04. The largest absolute Gasteiger partial charge is 0.458 e. The number of fused-ring (bicyclic) bond motifs is 5. The van der Waals surface area contributed by atoms with Gasteiger partial charge in [0.1, 0.15) is 11.9 Å². The fourth-order valence-electron chi connectivity index (χ4n) is 7.67. The van der Waals surface area contributed by atoms with Gasteiger partial charge in [0, 0.05) is 16.7 Å². The predicted octanol–water partition coefficient (Wildman–Crippen LogP) is 4.88. The number of allylic oxidation sites excluding steroid dienone is 4. The van der Waals surface area contributed by atoms with Crippen LogP contribution < -0.4 is 0 Å². The third kappa shape index (κ3) is 3.12. The Morgan fingerprint density at radius 1 is 1.22 bits per heavy atom. The first kappa shape index (κ1) is 21.6. The maximum atomic E-state index is 13.3. The number of aliphatic hydroxyl groups excluding tert-OH is 1. The normalized spacial score (nSPS) is 42.5. The van der Waals surface area contributed by atoms with Gasteiger partial charge in [-0.1, -0.05) is 32.4 Å². The van der Waals surface area contributed by atoms with Crippen LogP contribution in [0.4, 0.5) is 4.39 Å². The molecule has 4 aliphatic carbocycles. The molecule has 0 aliphatic heterocycles. The molecule has 3 fully saturated rings. The topological polar surface area (TPSA) is 63.6 Å². The Labute approximate surface area is 188 Å². The number of ether oxygens (including phenoxy) is 1.